The van der Waals surface area contributed by atoms with Crippen LogP contribution in [0, 0.1) is 0 Å². The van der Waals surface area contributed by atoms with Gasteiger partial charge in [-0.1, -0.05) is 24.3 Å². The van der Waals surface area contributed by atoms with Crippen molar-refractivity contribution in [2.75, 3.05) is 38.1 Å². The fourth-order valence-corrected chi connectivity index (χ4v) is 4.04. The Kier molecular flexibility index (Phi) is 13.9. The number of halogens is 9. The molecule has 1 aromatic heterocycles. The molecule has 0 radical (unpaired) electrons. The van der Waals surface area contributed by atoms with Crippen LogP contribution in [0.25, 0.3) is 0 Å². The standard InChI is InChI=1S/C20H24N4O.3C2HF3O2/c1-22-14-19(25)24(18-8-3-2-4-9-18)16-20(22)10-12-23(15-20)13-17-7-5-6-11-21-17;3*3-2(4,5)1(6)7/h2-9,11H,10,12-16H2,1H3;3*(H,6,7). The Morgan fingerprint density at radius 2 is 1.24 bits per heavy atom. The number of aliphatic carboxylic acids is 3. The van der Waals surface area contributed by atoms with Crippen LogP contribution < -0.4 is 4.90 Å². The molecule has 2 aliphatic heterocycles. The van der Waals surface area contributed by atoms with E-state index in [0.29, 0.717) is 6.54 Å². The highest BCUT2D eigenvalue weighted by Crippen LogP contribution is 2.33. The van der Waals surface area contributed by atoms with E-state index in [1.54, 1.807) is 0 Å². The van der Waals surface area contributed by atoms with Gasteiger partial charge in [0.2, 0.25) is 5.91 Å². The van der Waals surface area contributed by atoms with Crippen molar-refractivity contribution in [3.63, 3.8) is 0 Å². The van der Waals surface area contributed by atoms with Gasteiger partial charge in [0.25, 0.3) is 0 Å². The molecule has 4 rings (SSSR count). The lowest BCUT2D eigenvalue weighted by atomic mass is 9.92. The summed E-state index contributed by atoms with van der Waals surface area (Å²) in [7, 11) is 2.09. The van der Waals surface area contributed by atoms with Crippen molar-refractivity contribution in [2.45, 2.75) is 37.0 Å². The van der Waals surface area contributed by atoms with E-state index in [2.05, 4.69) is 27.9 Å². The van der Waals surface area contributed by atoms with E-state index >= 15 is 0 Å². The maximum Gasteiger partial charge on any atom is 0.490 e. The van der Waals surface area contributed by atoms with E-state index < -0.39 is 36.4 Å². The molecule has 1 aromatic carbocycles. The van der Waals surface area contributed by atoms with E-state index in [4.69, 9.17) is 29.7 Å². The summed E-state index contributed by atoms with van der Waals surface area (Å²) in [6, 6.07) is 16.1. The zero-order valence-electron chi connectivity index (χ0n) is 23.6. The number of rotatable bonds is 3. The van der Waals surface area contributed by atoms with Crippen molar-refractivity contribution in [3.05, 3.63) is 60.4 Å². The summed E-state index contributed by atoms with van der Waals surface area (Å²) in [6.07, 6.45) is -12.3. The number of amides is 1. The number of hydrogen-bond donors (Lipinski definition) is 3. The SMILES string of the molecule is CN1CC(=O)N(c2ccccc2)CC12CCN(Cc1ccccn1)C2.O=C(O)C(F)(F)F.O=C(O)C(F)(F)F.O=C(O)C(F)(F)F. The fraction of sp³-hybridized carbons (Fsp3) is 0.423. The zero-order valence-corrected chi connectivity index (χ0v) is 23.6. The second-order valence-electron chi connectivity index (χ2n) is 9.59. The number of carbonyl (C=O) groups is 4. The number of carboxylic acids is 3. The molecule has 1 spiro atoms. The third-order valence-electron chi connectivity index (χ3n) is 6.25. The lowest BCUT2D eigenvalue weighted by molar-refractivity contribution is -0.193. The summed E-state index contributed by atoms with van der Waals surface area (Å²) >= 11 is 0. The van der Waals surface area contributed by atoms with Crippen LogP contribution in [-0.2, 0) is 25.7 Å². The van der Waals surface area contributed by atoms with Crippen LogP contribution in [0.3, 0.4) is 0 Å². The minimum Gasteiger partial charge on any atom is -0.475 e. The highest BCUT2D eigenvalue weighted by molar-refractivity contribution is 5.96. The molecule has 3 heterocycles. The van der Waals surface area contributed by atoms with E-state index in [1.807, 2.05) is 53.6 Å². The molecule has 1 unspecified atom stereocenters. The summed E-state index contributed by atoms with van der Waals surface area (Å²) in [5.74, 6) is -8.09. The first-order valence-corrected chi connectivity index (χ1v) is 12.6. The highest BCUT2D eigenvalue weighted by Gasteiger charge is 2.47. The molecule has 46 heavy (non-hydrogen) atoms. The average Bonchev–Trinajstić information content (AvgIpc) is 3.34. The number of benzene rings is 1. The van der Waals surface area contributed by atoms with Crippen LogP contribution in [0.15, 0.2) is 54.7 Å². The zero-order chi connectivity index (χ0) is 35.5. The van der Waals surface area contributed by atoms with Crippen molar-refractivity contribution in [1.29, 1.82) is 0 Å². The van der Waals surface area contributed by atoms with E-state index in [-0.39, 0.29) is 11.4 Å². The number of para-hydroxylation sites is 1. The van der Waals surface area contributed by atoms with Crippen molar-refractivity contribution >= 4 is 29.5 Å². The summed E-state index contributed by atoms with van der Waals surface area (Å²) in [6.45, 7) is 4.11. The van der Waals surface area contributed by atoms with Gasteiger partial charge in [0.1, 0.15) is 0 Å². The monoisotopic (exact) mass is 678 g/mol. The number of aromatic nitrogens is 1. The Morgan fingerprint density at radius 1 is 0.783 bits per heavy atom. The van der Waals surface area contributed by atoms with Gasteiger partial charge in [0.05, 0.1) is 17.8 Å². The first-order chi connectivity index (χ1) is 21.0. The maximum absolute atomic E-state index is 12.6. The van der Waals surface area contributed by atoms with Gasteiger partial charge in [-0.15, -0.1) is 0 Å². The number of alkyl halides is 9. The number of anilines is 1. The maximum atomic E-state index is 12.6. The largest absolute Gasteiger partial charge is 0.490 e. The van der Waals surface area contributed by atoms with E-state index in [0.717, 1.165) is 44.0 Å². The van der Waals surface area contributed by atoms with Crippen molar-refractivity contribution in [1.82, 2.24) is 14.8 Å². The normalized spacial score (nSPS) is 18.7. The first-order valence-electron chi connectivity index (χ1n) is 12.6. The molecule has 11 nitrogen and oxygen atoms in total. The first kappa shape index (κ1) is 39.6. The smallest absolute Gasteiger partial charge is 0.475 e. The molecule has 1 atom stereocenters. The topological polar surface area (TPSA) is 152 Å². The molecule has 3 N–H and O–H groups in total. The molecule has 20 heteroatoms. The summed E-state index contributed by atoms with van der Waals surface area (Å²) in [5.41, 5.74) is 2.13. The predicted octanol–water partition coefficient (Wildman–Crippen LogP) is 3.90. The fourth-order valence-electron chi connectivity index (χ4n) is 4.04. The van der Waals surface area contributed by atoms with Gasteiger partial charge in [0.15, 0.2) is 0 Å². The Hall–Kier alpha value is -4.46. The number of pyridine rings is 1. The van der Waals surface area contributed by atoms with Crippen molar-refractivity contribution in [2.24, 2.45) is 0 Å². The molecule has 2 saturated heterocycles. The van der Waals surface area contributed by atoms with Crippen LogP contribution in [0.2, 0.25) is 0 Å². The molecule has 2 aromatic rings. The van der Waals surface area contributed by atoms with Gasteiger partial charge < -0.3 is 20.2 Å². The van der Waals surface area contributed by atoms with Gasteiger partial charge in [-0.05, 0) is 37.7 Å². The molecule has 0 aliphatic carbocycles. The minimum absolute atomic E-state index is 0.0263. The number of likely N-dealkylation sites (tertiary alicyclic amines) is 1. The van der Waals surface area contributed by atoms with Gasteiger partial charge in [-0.3, -0.25) is 19.6 Å². The Bertz CT molecular complexity index is 1250. The van der Waals surface area contributed by atoms with Crippen LogP contribution in [0.5, 0.6) is 0 Å². The van der Waals surface area contributed by atoms with Crippen LogP contribution in [-0.4, -0.2) is 111 Å². The summed E-state index contributed by atoms with van der Waals surface area (Å²) in [5, 5.41) is 21.4. The van der Waals surface area contributed by atoms with Crippen LogP contribution >= 0.6 is 0 Å². The molecule has 0 bridgehead atoms. The van der Waals surface area contributed by atoms with Crippen LogP contribution in [0.1, 0.15) is 12.1 Å². The molecular formula is C26H27F9N4O7. The summed E-state index contributed by atoms with van der Waals surface area (Å²) in [4.78, 5) is 50.4. The third-order valence-corrected chi connectivity index (χ3v) is 6.25. The van der Waals surface area contributed by atoms with Crippen molar-refractivity contribution in [3.8, 4) is 0 Å². The lowest BCUT2D eigenvalue weighted by Gasteiger charge is -2.47. The lowest BCUT2D eigenvalue weighted by Crippen LogP contribution is -2.64. The quantitative estimate of drug-likeness (QED) is 0.408. The number of hydrogen-bond acceptors (Lipinski definition) is 7. The molecule has 2 fully saturated rings. The van der Waals surface area contributed by atoms with Crippen LogP contribution in [0.4, 0.5) is 45.2 Å². The third kappa shape index (κ3) is 12.9. The Balaban J connectivity index is 0.000000413. The van der Waals surface area contributed by atoms with Gasteiger partial charge in [-0.25, -0.2) is 14.4 Å². The predicted molar refractivity (Wildman–Crippen MR) is 139 cm³/mol. The second kappa shape index (κ2) is 16.2. The molecule has 256 valence electrons. The number of nitrogens with zero attached hydrogens (tertiary/aromatic N) is 4. The van der Waals surface area contributed by atoms with Gasteiger partial charge >= 0.3 is 36.4 Å². The van der Waals surface area contributed by atoms with Crippen molar-refractivity contribution < 1.29 is 74.0 Å². The number of carboxylic acid groups (broad SMARTS) is 3. The van der Waals surface area contributed by atoms with E-state index in [1.165, 1.54) is 0 Å². The number of carbonyl (C=O) groups excluding carboxylic acids is 1. The number of likely N-dealkylation sites (N-methyl/N-ethyl adjacent to an activating group) is 1. The Labute approximate surface area is 254 Å². The van der Waals surface area contributed by atoms with Gasteiger partial charge in [-0.2, -0.15) is 39.5 Å². The number of piperazine rings is 1. The second-order valence-corrected chi connectivity index (χ2v) is 9.59. The van der Waals surface area contributed by atoms with E-state index in [9.17, 15) is 44.3 Å². The highest BCUT2D eigenvalue weighted by atomic mass is 19.4. The Morgan fingerprint density at radius 3 is 1.65 bits per heavy atom. The summed E-state index contributed by atoms with van der Waals surface area (Å²) < 4.78 is 95.2. The average molecular weight is 679 g/mol. The minimum atomic E-state index is -5.08. The molecule has 0 saturated carbocycles. The molecule has 1 amide bonds. The molecular weight excluding hydrogens is 651 g/mol. The van der Waals surface area contributed by atoms with Gasteiger partial charge in [0, 0.05) is 38.1 Å². The molecule has 2 aliphatic rings.